The van der Waals surface area contributed by atoms with Crippen LogP contribution in [-0.2, 0) is 13.0 Å². The molecule has 1 rings (SSSR count). The molecular weight excluding hydrogens is 206 g/mol. The Morgan fingerprint density at radius 1 is 1.25 bits per heavy atom. The standard InChI is InChI=1S/C11H19N3O2/c1-14-5-9-8(4-7(16)6-15)10(12)2-3-11(9)13/h2-3,7,14-16H,4-6,12-13H2,1H3. The summed E-state index contributed by atoms with van der Waals surface area (Å²) in [7, 11) is 1.81. The first-order valence-electron chi connectivity index (χ1n) is 5.19. The molecule has 5 nitrogen and oxygen atoms in total. The van der Waals surface area contributed by atoms with Crippen LogP contribution in [0.25, 0.3) is 0 Å². The van der Waals surface area contributed by atoms with Gasteiger partial charge in [-0.05, 0) is 30.3 Å². The van der Waals surface area contributed by atoms with Gasteiger partial charge in [0.05, 0.1) is 12.7 Å². The number of rotatable bonds is 5. The number of nitrogen functional groups attached to an aromatic ring is 2. The highest BCUT2D eigenvalue weighted by molar-refractivity contribution is 5.62. The maximum Gasteiger partial charge on any atom is 0.0812 e. The van der Waals surface area contributed by atoms with E-state index in [2.05, 4.69) is 5.32 Å². The summed E-state index contributed by atoms with van der Waals surface area (Å²) in [6, 6.07) is 3.46. The molecule has 0 aliphatic carbocycles. The van der Waals surface area contributed by atoms with E-state index < -0.39 is 6.10 Å². The highest BCUT2D eigenvalue weighted by Crippen LogP contribution is 2.24. The zero-order valence-corrected chi connectivity index (χ0v) is 9.40. The van der Waals surface area contributed by atoms with Gasteiger partial charge in [0.1, 0.15) is 0 Å². The minimum atomic E-state index is -0.806. The van der Waals surface area contributed by atoms with Crippen molar-refractivity contribution in [1.82, 2.24) is 5.32 Å². The van der Waals surface area contributed by atoms with E-state index in [1.54, 1.807) is 12.1 Å². The maximum atomic E-state index is 9.45. The molecule has 0 saturated carbocycles. The van der Waals surface area contributed by atoms with E-state index in [0.717, 1.165) is 11.1 Å². The topological polar surface area (TPSA) is 105 Å². The van der Waals surface area contributed by atoms with Crippen molar-refractivity contribution < 1.29 is 10.2 Å². The van der Waals surface area contributed by atoms with Gasteiger partial charge >= 0.3 is 0 Å². The number of nitrogens with two attached hydrogens (primary N) is 2. The third kappa shape index (κ3) is 2.85. The molecule has 1 atom stereocenters. The number of anilines is 2. The SMILES string of the molecule is CNCc1c(N)ccc(N)c1CC(O)CO. The second-order valence-electron chi connectivity index (χ2n) is 3.77. The molecule has 7 N–H and O–H groups in total. The van der Waals surface area contributed by atoms with Crippen LogP contribution in [-0.4, -0.2) is 30.0 Å². The summed E-state index contributed by atoms with van der Waals surface area (Å²) in [4.78, 5) is 0. The van der Waals surface area contributed by atoms with Gasteiger partial charge in [-0.25, -0.2) is 0 Å². The van der Waals surface area contributed by atoms with E-state index in [4.69, 9.17) is 16.6 Å². The molecule has 0 bridgehead atoms. The molecule has 5 heteroatoms. The molecule has 1 aromatic carbocycles. The van der Waals surface area contributed by atoms with E-state index in [0.29, 0.717) is 24.3 Å². The fraction of sp³-hybridized carbons (Fsp3) is 0.455. The van der Waals surface area contributed by atoms with Crippen molar-refractivity contribution >= 4 is 11.4 Å². The Balaban J connectivity index is 3.07. The Hall–Kier alpha value is -1.30. The average Bonchev–Trinajstić information content (AvgIpc) is 2.28. The van der Waals surface area contributed by atoms with E-state index in [1.807, 2.05) is 7.05 Å². The van der Waals surface area contributed by atoms with Crippen molar-refractivity contribution in [3.05, 3.63) is 23.3 Å². The number of hydrogen-bond acceptors (Lipinski definition) is 5. The highest BCUT2D eigenvalue weighted by Gasteiger charge is 2.13. The van der Waals surface area contributed by atoms with Crippen molar-refractivity contribution in [2.24, 2.45) is 0 Å². The van der Waals surface area contributed by atoms with Crippen LogP contribution in [0.1, 0.15) is 11.1 Å². The van der Waals surface area contributed by atoms with Crippen LogP contribution >= 0.6 is 0 Å². The van der Waals surface area contributed by atoms with Crippen molar-refractivity contribution in [3.8, 4) is 0 Å². The van der Waals surface area contributed by atoms with Gasteiger partial charge in [-0.2, -0.15) is 0 Å². The Kier molecular flexibility index (Phi) is 4.54. The molecule has 0 heterocycles. The van der Waals surface area contributed by atoms with E-state index >= 15 is 0 Å². The van der Waals surface area contributed by atoms with Crippen molar-refractivity contribution in [2.75, 3.05) is 25.1 Å². The van der Waals surface area contributed by atoms with E-state index in [-0.39, 0.29) is 6.61 Å². The highest BCUT2D eigenvalue weighted by atomic mass is 16.3. The molecule has 0 aliphatic rings. The number of benzene rings is 1. The molecular formula is C11H19N3O2. The van der Waals surface area contributed by atoms with Crippen LogP contribution in [0.2, 0.25) is 0 Å². The van der Waals surface area contributed by atoms with Crippen LogP contribution in [0.15, 0.2) is 12.1 Å². The number of aliphatic hydroxyl groups is 2. The average molecular weight is 225 g/mol. The Bertz CT molecular complexity index is 355. The molecule has 1 aromatic rings. The van der Waals surface area contributed by atoms with Gasteiger partial charge in [-0.15, -0.1) is 0 Å². The predicted molar refractivity (Wildman–Crippen MR) is 64.8 cm³/mol. The molecule has 0 radical (unpaired) electrons. The van der Waals surface area contributed by atoms with E-state index in [1.165, 1.54) is 0 Å². The lowest BCUT2D eigenvalue weighted by Gasteiger charge is -2.16. The predicted octanol–water partition coefficient (Wildman–Crippen LogP) is -0.534. The molecule has 0 amide bonds. The molecule has 0 saturated heterocycles. The lowest BCUT2D eigenvalue weighted by atomic mass is 9.98. The monoisotopic (exact) mass is 225 g/mol. The molecule has 0 aliphatic heterocycles. The minimum absolute atomic E-state index is 0.284. The summed E-state index contributed by atoms with van der Waals surface area (Å²) in [5.41, 5.74) is 14.6. The Labute approximate surface area is 95.1 Å². The third-order valence-corrected chi connectivity index (χ3v) is 2.51. The van der Waals surface area contributed by atoms with Crippen molar-refractivity contribution in [1.29, 1.82) is 0 Å². The summed E-state index contributed by atoms with van der Waals surface area (Å²) in [6.07, 6.45) is -0.496. The number of aliphatic hydroxyl groups excluding tert-OH is 2. The fourth-order valence-electron chi connectivity index (χ4n) is 1.66. The Morgan fingerprint density at radius 3 is 2.31 bits per heavy atom. The first-order valence-corrected chi connectivity index (χ1v) is 5.19. The molecule has 0 spiro atoms. The van der Waals surface area contributed by atoms with Crippen molar-refractivity contribution in [3.63, 3.8) is 0 Å². The summed E-state index contributed by atoms with van der Waals surface area (Å²) >= 11 is 0. The quantitative estimate of drug-likeness (QED) is 0.433. The normalized spacial score (nSPS) is 12.7. The zero-order chi connectivity index (χ0) is 12.1. The van der Waals surface area contributed by atoms with Gasteiger partial charge in [0.15, 0.2) is 0 Å². The summed E-state index contributed by atoms with van der Waals surface area (Å²) < 4.78 is 0. The smallest absolute Gasteiger partial charge is 0.0812 e. The van der Waals surface area contributed by atoms with Crippen molar-refractivity contribution in [2.45, 2.75) is 19.1 Å². The van der Waals surface area contributed by atoms with Gasteiger partial charge in [-0.1, -0.05) is 0 Å². The van der Waals surface area contributed by atoms with Gasteiger partial charge in [0.25, 0.3) is 0 Å². The van der Waals surface area contributed by atoms with Gasteiger partial charge in [0, 0.05) is 24.3 Å². The lowest BCUT2D eigenvalue weighted by molar-refractivity contribution is 0.0954. The largest absolute Gasteiger partial charge is 0.398 e. The first kappa shape index (κ1) is 12.8. The van der Waals surface area contributed by atoms with Crippen LogP contribution in [0.3, 0.4) is 0 Å². The number of hydrogen-bond donors (Lipinski definition) is 5. The Morgan fingerprint density at radius 2 is 1.81 bits per heavy atom. The van der Waals surface area contributed by atoms with Crippen LogP contribution in [0.4, 0.5) is 11.4 Å². The molecule has 1 unspecified atom stereocenters. The first-order chi connectivity index (χ1) is 7.60. The maximum absolute atomic E-state index is 9.45. The molecule has 16 heavy (non-hydrogen) atoms. The third-order valence-electron chi connectivity index (χ3n) is 2.51. The minimum Gasteiger partial charge on any atom is -0.398 e. The summed E-state index contributed by atoms with van der Waals surface area (Å²) in [5, 5.41) is 21.3. The summed E-state index contributed by atoms with van der Waals surface area (Å²) in [5.74, 6) is 0. The summed E-state index contributed by atoms with van der Waals surface area (Å²) in [6.45, 7) is 0.303. The van der Waals surface area contributed by atoms with Crippen LogP contribution < -0.4 is 16.8 Å². The zero-order valence-electron chi connectivity index (χ0n) is 9.40. The van der Waals surface area contributed by atoms with E-state index in [9.17, 15) is 5.11 Å². The second kappa shape index (κ2) is 5.69. The van der Waals surface area contributed by atoms with Gasteiger partial charge in [-0.3, -0.25) is 0 Å². The molecule has 0 aromatic heterocycles. The fourth-order valence-corrected chi connectivity index (χ4v) is 1.66. The lowest BCUT2D eigenvalue weighted by Crippen LogP contribution is -2.19. The molecule has 90 valence electrons. The number of nitrogens with one attached hydrogen (secondary N) is 1. The van der Waals surface area contributed by atoms with Crippen LogP contribution in [0, 0.1) is 0 Å². The van der Waals surface area contributed by atoms with Gasteiger partial charge < -0.3 is 27.0 Å². The molecule has 0 fully saturated rings. The van der Waals surface area contributed by atoms with Crippen LogP contribution in [0.5, 0.6) is 0 Å². The van der Waals surface area contributed by atoms with Gasteiger partial charge in [0.2, 0.25) is 0 Å². The second-order valence-corrected chi connectivity index (χ2v) is 3.77.